The zero-order valence-corrected chi connectivity index (χ0v) is 12.4. The molecule has 0 bridgehead atoms. The standard InChI is InChI=1S/C14H27N3O2/c1-11-8-15-9-12(11)13(18)16-10-14(2,3)17-4-6-19-7-5-17/h11-12,15H,4-10H2,1-3H3,(H,16,18). The van der Waals surface area contributed by atoms with E-state index in [1.165, 1.54) is 0 Å². The number of hydrogen-bond acceptors (Lipinski definition) is 4. The molecule has 0 aromatic heterocycles. The van der Waals surface area contributed by atoms with Crippen LogP contribution in [0.4, 0.5) is 0 Å². The van der Waals surface area contributed by atoms with E-state index in [0.29, 0.717) is 12.5 Å². The van der Waals surface area contributed by atoms with Gasteiger partial charge in [-0.15, -0.1) is 0 Å². The van der Waals surface area contributed by atoms with Crippen molar-refractivity contribution in [3.05, 3.63) is 0 Å². The first-order valence-corrected chi connectivity index (χ1v) is 7.32. The monoisotopic (exact) mass is 269 g/mol. The number of nitrogens with one attached hydrogen (secondary N) is 2. The Hall–Kier alpha value is -0.650. The first-order chi connectivity index (χ1) is 9.00. The van der Waals surface area contributed by atoms with E-state index in [1.54, 1.807) is 0 Å². The highest BCUT2D eigenvalue weighted by Crippen LogP contribution is 2.18. The van der Waals surface area contributed by atoms with E-state index < -0.39 is 0 Å². The molecule has 19 heavy (non-hydrogen) atoms. The maximum absolute atomic E-state index is 12.2. The van der Waals surface area contributed by atoms with Gasteiger partial charge in [-0.3, -0.25) is 9.69 Å². The summed E-state index contributed by atoms with van der Waals surface area (Å²) in [6.07, 6.45) is 0. The second-order valence-electron chi connectivity index (χ2n) is 6.37. The Labute approximate surface area is 116 Å². The van der Waals surface area contributed by atoms with E-state index in [0.717, 1.165) is 39.4 Å². The van der Waals surface area contributed by atoms with Crippen LogP contribution in [-0.2, 0) is 9.53 Å². The van der Waals surface area contributed by atoms with Gasteiger partial charge >= 0.3 is 0 Å². The van der Waals surface area contributed by atoms with Crippen LogP contribution in [0.2, 0.25) is 0 Å². The quantitative estimate of drug-likeness (QED) is 0.758. The van der Waals surface area contributed by atoms with Crippen molar-refractivity contribution in [2.75, 3.05) is 45.9 Å². The molecule has 0 spiro atoms. The Balaban J connectivity index is 1.81. The third kappa shape index (κ3) is 3.68. The van der Waals surface area contributed by atoms with E-state index in [4.69, 9.17) is 4.74 Å². The summed E-state index contributed by atoms with van der Waals surface area (Å²) in [4.78, 5) is 14.6. The fourth-order valence-corrected chi connectivity index (χ4v) is 2.88. The fourth-order valence-electron chi connectivity index (χ4n) is 2.88. The van der Waals surface area contributed by atoms with Crippen LogP contribution in [0.3, 0.4) is 0 Å². The summed E-state index contributed by atoms with van der Waals surface area (Å²) < 4.78 is 5.38. The number of carbonyl (C=O) groups excluding carboxylic acids is 1. The normalized spacial score (nSPS) is 29.4. The zero-order valence-electron chi connectivity index (χ0n) is 12.4. The van der Waals surface area contributed by atoms with Gasteiger partial charge in [-0.25, -0.2) is 0 Å². The predicted molar refractivity (Wildman–Crippen MR) is 75.0 cm³/mol. The van der Waals surface area contributed by atoms with Gasteiger partial charge in [0.1, 0.15) is 0 Å². The topological polar surface area (TPSA) is 53.6 Å². The molecule has 2 aliphatic rings. The summed E-state index contributed by atoms with van der Waals surface area (Å²) in [5.41, 5.74) is -0.00525. The van der Waals surface area contributed by atoms with Gasteiger partial charge < -0.3 is 15.4 Å². The number of morpholine rings is 1. The van der Waals surface area contributed by atoms with Gasteiger partial charge in [0, 0.05) is 31.7 Å². The van der Waals surface area contributed by atoms with E-state index >= 15 is 0 Å². The van der Waals surface area contributed by atoms with Gasteiger partial charge in [0.05, 0.1) is 19.1 Å². The van der Waals surface area contributed by atoms with Crippen molar-refractivity contribution in [2.24, 2.45) is 11.8 Å². The van der Waals surface area contributed by atoms with Crippen LogP contribution >= 0.6 is 0 Å². The lowest BCUT2D eigenvalue weighted by molar-refractivity contribution is -0.126. The van der Waals surface area contributed by atoms with E-state index in [1.807, 2.05) is 0 Å². The van der Waals surface area contributed by atoms with Gasteiger partial charge in [-0.2, -0.15) is 0 Å². The molecule has 110 valence electrons. The van der Waals surface area contributed by atoms with Crippen molar-refractivity contribution in [1.82, 2.24) is 15.5 Å². The molecule has 2 aliphatic heterocycles. The summed E-state index contributed by atoms with van der Waals surface area (Å²) in [6, 6.07) is 0. The van der Waals surface area contributed by atoms with Crippen molar-refractivity contribution in [3.8, 4) is 0 Å². The van der Waals surface area contributed by atoms with Crippen molar-refractivity contribution in [3.63, 3.8) is 0 Å². The van der Waals surface area contributed by atoms with Crippen LogP contribution in [0.25, 0.3) is 0 Å². The van der Waals surface area contributed by atoms with Crippen molar-refractivity contribution in [2.45, 2.75) is 26.3 Å². The van der Waals surface area contributed by atoms with Gasteiger partial charge in [0.25, 0.3) is 0 Å². The highest BCUT2D eigenvalue weighted by Gasteiger charge is 2.32. The van der Waals surface area contributed by atoms with E-state index in [2.05, 4.69) is 36.3 Å². The average molecular weight is 269 g/mol. The lowest BCUT2D eigenvalue weighted by Gasteiger charge is -2.41. The molecule has 0 aliphatic carbocycles. The number of carbonyl (C=O) groups is 1. The molecule has 0 aromatic rings. The first kappa shape index (κ1) is 14.8. The number of ether oxygens (including phenoxy) is 1. The molecule has 1 amide bonds. The zero-order chi connectivity index (χ0) is 13.9. The predicted octanol–water partition coefficient (Wildman–Crippen LogP) is 0.0689. The lowest BCUT2D eigenvalue weighted by Crippen LogP contribution is -2.56. The minimum atomic E-state index is -0.00525. The SMILES string of the molecule is CC1CNCC1C(=O)NCC(C)(C)N1CCOCC1. The Morgan fingerprint density at radius 3 is 2.63 bits per heavy atom. The molecule has 5 heteroatoms. The molecule has 0 aromatic carbocycles. The van der Waals surface area contributed by atoms with Gasteiger partial charge in [0.15, 0.2) is 0 Å². The Morgan fingerprint density at radius 2 is 2.05 bits per heavy atom. The number of hydrogen-bond donors (Lipinski definition) is 2. The van der Waals surface area contributed by atoms with Crippen LogP contribution in [0.1, 0.15) is 20.8 Å². The van der Waals surface area contributed by atoms with E-state index in [-0.39, 0.29) is 17.4 Å². The molecule has 2 atom stereocenters. The van der Waals surface area contributed by atoms with Crippen molar-refractivity contribution in [1.29, 1.82) is 0 Å². The maximum Gasteiger partial charge on any atom is 0.224 e. The summed E-state index contributed by atoms with van der Waals surface area (Å²) in [5.74, 6) is 0.755. The van der Waals surface area contributed by atoms with Gasteiger partial charge in [0.2, 0.25) is 5.91 Å². The Morgan fingerprint density at radius 1 is 1.37 bits per heavy atom. The molecule has 2 fully saturated rings. The summed E-state index contributed by atoms with van der Waals surface area (Å²) >= 11 is 0. The average Bonchev–Trinajstić information content (AvgIpc) is 2.83. The third-order valence-corrected chi connectivity index (χ3v) is 4.42. The summed E-state index contributed by atoms with van der Waals surface area (Å²) in [6.45, 7) is 12.5. The van der Waals surface area contributed by atoms with Gasteiger partial charge in [-0.05, 0) is 26.3 Å². The molecule has 5 nitrogen and oxygen atoms in total. The molecule has 2 unspecified atom stereocenters. The molecule has 0 saturated carbocycles. The highest BCUT2D eigenvalue weighted by atomic mass is 16.5. The lowest BCUT2D eigenvalue weighted by atomic mass is 9.96. The fraction of sp³-hybridized carbons (Fsp3) is 0.929. The van der Waals surface area contributed by atoms with Crippen LogP contribution in [0.5, 0.6) is 0 Å². The number of nitrogens with zero attached hydrogens (tertiary/aromatic N) is 1. The molecule has 2 heterocycles. The second-order valence-corrected chi connectivity index (χ2v) is 6.37. The molecular formula is C14H27N3O2. The molecular weight excluding hydrogens is 242 g/mol. The Kier molecular flexibility index (Phi) is 4.81. The number of rotatable bonds is 4. The number of amides is 1. The Bertz CT molecular complexity index is 314. The molecule has 2 rings (SSSR count). The minimum Gasteiger partial charge on any atom is -0.379 e. The van der Waals surface area contributed by atoms with Crippen LogP contribution < -0.4 is 10.6 Å². The first-order valence-electron chi connectivity index (χ1n) is 7.32. The second kappa shape index (κ2) is 6.20. The third-order valence-electron chi connectivity index (χ3n) is 4.42. The smallest absolute Gasteiger partial charge is 0.224 e. The minimum absolute atomic E-state index is 0.00525. The van der Waals surface area contributed by atoms with Gasteiger partial charge in [-0.1, -0.05) is 6.92 Å². The summed E-state index contributed by atoms with van der Waals surface area (Å²) in [5, 5.41) is 6.41. The van der Waals surface area contributed by atoms with Crippen LogP contribution in [0, 0.1) is 11.8 Å². The van der Waals surface area contributed by atoms with Crippen LogP contribution in [0.15, 0.2) is 0 Å². The maximum atomic E-state index is 12.2. The molecule has 0 radical (unpaired) electrons. The van der Waals surface area contributed by atoms with Crippen LogP contribution in [-0.4, -0.2) is 62.3 Å². The van der Waals surface area contributed by atoms with E-state index in [9.17, 15) is 4.79 Å². The summed E-state index contributed by atoms with van der Waals surface area (Å²) in [7, 11) is 0. The molecule has 2 N–H and O–H groups in total. The van der Waals surface area contributed by atoms with Crippen molar-refractivity contribution >= 4 is 5.91 Å². The van der Waals surface area contributed by atoms with Crippen molar-refractivity contribution < 1.29 is 9.53 Å². The molecule has 2 saturated heterocycles. The highest BCUT2D eigenvalue weighted by molar-refractivity contribution is 5.79. The largest absolute Gasteiger partial charge is 0.379 e.